The van der Waals surface area contributed by atoms with Crippen molar-refractivity contribution in [3.63, 3.8) is 0 Å². The van der Waals surface area contributed by atoms with Gasteiger partial charge in [0.05, 0.1) is 17.6 Å². The third-order valence-corrected chi connectivity index (χ3v) is 6.05. The number of hydrogen-bond donors (Lipinski definition) is 1. The summed E-state index contributed by atoms with van der Waals surface area (Å²) in [6.45, 7) is 15.2. The Bertz CT molecular complexity index is 1190. The van der Waals surface area contributed by atoms with Crippen LogP contribution in [-0.2, 0) is 6.54 Å². The molecule has 1 fully saturated rings. The number of nitrogens with zero attached hydrogens (tertiary/aromatic N) is 6. The molecule has 0 saturated carbocycles. The highest BCUT2D eigenvalue weighted by molar-refractivity contribution is 5.88. The average molecular weight is 462 g/mol. The maximum atomic E-state index is 14.8. The van der Waals surface area contributed by atoms with Gasteiger partial charge in [0, 0.05) is 36.1 Å². The maximum Gasteiger partial charge on any atom is 0.228 e. The van der Waals surface area contributed by atoms with Gasteiger partial charge >= 0.3 is 0 Å². The molecule has 0 unspecified atom stereocenters. The van der Waals surface area contributed by atoms with Gasteiger partial charge in [-0.1, -0.05) is 12.7 Å². The lowest BCUT2D eigenvalue weighted by Gasteiger charge is -2.14. The molecule has 0 aliphatic carbocycles. The number of nitrogens with one attached hydrogen (secondary N) is 1. The van der Waals surface area contributed by atoms with Crippen molar-refractivity contribution in [3.05, 3.63) is 71.5 Å². The molecule has 1 N–H and O–H groups in total. The van der Waals surface area contributed by atoms with Crippen LogP contribution in [-0.4, -0.2) is 42.5 Å². The average Bonchev–Trinajstić information content (AvgIpc) is 3.41. The minimum absolute atomic E-state index is 0.226. The van der Waals surface area contributed by atoms with E-state index in [0.717, 1.165) is 42.4 Å². The summed E-state index contributed by atoms with van der Waals surface area (Å²) in [4.78, 5) is 20.0. The van der Waals surface area contributed by atoms with Gasteiger partial charge in [0.2, 0.25) is 5.95 Å². The Hall–Kier alpha value is -3.39. The SMILES string of the molecule is C=C/C(=C\c1c(C)nc(C)n1C(C)C)c1cc(Nc2ncc(CN3CCCC3)cn2)ncc1F. The van der Waals surface area contributed by atoms with E-state index in [2.05, 4.69) is 55.1 Å². The summed E-state index contributed by atoms with van der Waals surface area (Å²) < 4.78 is 17.0. The largest absolute Gasteiger partial charge is 0.326 e. The van der Waals surface area contributed by atoms with Crippen LogP contribution in [0.15, 0.2) is 37.3 Å². The Morgan fingerprint density at radius 2 is 1.85 bits per heavy atom. The normalized spacial score (nSPS) is 14.7. The Morgan fingerprint density at radius 3 is 2.50 bits per heavy atom. The fraction of sp³-hybridized carbons (Fsp3) is 0.385. The smallest absolute Gasteiger partial charge is 0.228 e. The molecule has 0 radical (unpaired) electrons. The Kier molecular flexibility index (Phi) is 7.17. The molecule has 3 aromatic heterocycles. The zero-order chi connectivity index (χ0) is 24.2. The number of halogens is 1. The molecule has 3 aromatic rings. The second-order valence-corrected chi connectivity index (χ2v) is 8.97. The maximum absolute atomic E-state index is 14.8. The summed E-state index contributed by atoms with van der Waals surface area (Å²) in [7, 11) is 0. The number of hydrogen-bond acceptors (Lipinski definition) is 6. The molecular weight excluding hydrogens is 429 g/mol. The highest BCUT2D eigenvalue weighted by atomic mass is 19.1. The number of anilines is 2. The number of pyridine rings is 1. The van der Waals surface area contributed by atoms with Crippen LogP contribution in [0, 0.1) is 19.7 Å². The van der Waals surface area contributed by atoms with E-state index in [9.17, 15) is 4.39 Å². The Morgan fingerprint density at radius 1 is 1.15 bits per heavy atom. The fourth-order valence-corrected chi connectivity index (χ4v) is 4.46. The van der Waals surface area contributed by atoms with Gasteiger partial charge in [-0.05, 0) is 71.3 Å². The van der Waals surface area contributed by atoms with Crippen molar-refractivity contribution in [2.24, 2.45) is 0 Å². The third-order valence-electron chi connectivity index (χ3n) is 6.05. The van der Waals surface area contributed by atoms with Gasteiger partial charge in [0.1, 0.15) is 17.5 Å². The lowest BCUT2D eigenvalue weighted by molar-refractivity contribution is 0.330. The number of aryl methyl sites for hydroxylation is 2. The summed E-state index contributed by atoms with van der Waals surface area (Å²) in [5.74, 6) is 1.37. The van der Waals surface area contributed by atoms with Crippen LogP contribution in [0.5, 0.6) is 0 Å². The monoisotopic (exact) mass is 461 g/mol. The molecule has 1 aliphatic rings. The van der Waals surface area contributed by atoms with Crippen LogP contribution in [0.3, 0.4) is 0 Å². The van der Waals surface area contributed by atoms with Gasteiger partial charge in [-0.3, -0.25) is 4.90 Å². The minimum atomic E-state index is -0.427. The quantitative estimate of drug-likeness (QED) is 0.449. The molecular formula is C26H32FN7. The second kappa shape index (κ2) is 10.3. The van der Waals surface area contributed by atoms with Crippen molar-refractivity contribution in [3.8, 4) is 0 Å². The van der Waals surface area contributed by atoms with E-state index in [1.807, 2.05) is 32.3 Å². The molecule has 0 atom stereocenters. The molecule has 4 heterocycles. The van der Waals surface area contributed by atoms with E-state index in [-0.39, 0.29) is 6.04 Å². The molecule has 0 amide bonds. The minimum Gasteiger partial charge on any atom is -0.326 e. The first kappa shape index (κ1) is 23.8. The van der Waals surface area contributed by atoms with Crippen LogP contribution in [0.2, 0.25) is 0 Å². The van der Waals surface area contributed by atoms with E-state index < -0.39 is 5.82 Å². The van der Waals surface area contributed by atoms with Gasteiger partial charge in [-0.25, -0.2) is 24.3 Å². The van der Waals surface area contributed by atoms with E-state index in [1.165, 1.54) is 19.0 Å². The van der Waals surface area contributed by atoms with Gasteiger partial charge in [-0.2, -0.15) is 0 Å². The lowest BCUT2D eigenvalue weighted by atomic mass is 10.0. The van der Waals surface area contributed by atoms with Crippen molar-refractivity contribution in [1.29, 1.82) is 0 Å². The number of aromatic nitrogens is 5. The van der Waals surface area contributed by atoms with Crippen LogP contribution in [0.1, 0.15) is 61.1 Å². The molecule has 178 valence electrons. The van der Waals surface area contributed by atoms with Gasteiger partial charge in [-0.15, -0.1) is 0 Å². The predicted octanol–water partition coefficient (Wildman–Crippen LogP) is 5.47. The molecule has 0 spiro atoms. The first-order valence-electron chi connectivity index (χ1n) is 11.7. The first-order valence-corrected chi connectivity index (χ1v) is 11.7. The van der Waals surface area contributed by atoms with E-state index in [0.29, 0.717) is 22.9 Å². The molecule has 34 heavy (non-hydrogen) atoms. The van der Waals surface area contributed by atoms with E-state index >= 15 is 0 Å². The van der Waals surface area contributed by atoms with Crippen LogP contribution in [0.25, 0.3) is 11.6 Å². The molecule has 8 heteroatoms. The number of imidazole rings is 1. The molecule has 1 aliphatic heterocycles. The van der Waals surface area contributed by atoms with Crippen LogP contribution < -0.4 is 5.32 Å². The Labute approximate surface area is 200 Å². The van der Waals surface area contributed by atoms with Crippen molar-refractivity contribution in [1.82, 2.24) is 29.4 Å². The second-order valence-electron chi connectivity index (χ2n) is 8.97. The van der Waals surface area contributed by atoms with Crippen molar-refractivity contribution >= 4 is 23.4 Å². The zero-order valence-electron chi connectivity index (χ0n) is 20.3. The molecule has 7 nitrogen and oxygen atoms in total. The summed E-state index contributed by atoms with van der Waals surface area (Å²) in [6.07, 6.45) is 10.9. The first-order chi connectivity index (χ1) is 16.4. The van der Waals surface area contributed by atoms with E-state index in [4.69, 9.17) is 0 Å². The van der Waals surface area contributed by atoms with E-state index in [1.54, 1.807) is 12.1 Å². The summed E-state index contributed by atoms with van der Waals surface area (Å²) in [5, 5.41) is 3.09. The highest BCUT2D eigenvalue weighted by Gasteiger charge is 2.16. The molecule has 0 aromatic carbocycles. The van der Waals surface area contributed by atoms with Gasteiger partial charge in [0.15, 0.2) is 0 Å². The lowest BCUT2D eigenvalue weighted by Crippen LogP contribution is -2.18. The third kappa shape index (κ3) is 5.22. The highest BCUT2D eigenvalue weighted by Crippen LogP contribution is 2.27. The summed E-state index contributed by atoms with van der Waals surface area (Å²) in [5.41, 5.74) is 3.94. The van der Waals surface area contributed by atoms with Crippen LogP contribution in [0.4, 0.5) is 16.2 Å². The Balaban J connectivity index is 1.58. The standard InChI is InChI=1S/C26H32FN7/c1-6-21(11-24-18(4)31-19(5)34(24)17(2)3)22-12-25(28-15-23(22)27)32-26-29-13-20(14-30-26)16-33-9-7-8-10-33/h6,11-15,17H,1,7-10,16H2,2-5H3,(H,28,29,30,32)/b21-11+. The molecule has 4 rings (SSSR count). The number of likely N-dealkylation sites (tertiary alicyclic amines) is 1. The van der Waals surface area contributed by atoms with Crippen molar-refractivity contribution in [2.45, 2.75) is 53.1 Å². The molecule has 0 bridgehead atoms. The summed E-state index contributed by atoms with van der Waals surface area (Å²) in [6, 6.07) is 1.88. The van der Waals surface area contributed by atoms with Gasteiger partial charge in [0.25, 0.3) is 0 Å². The zero-order valence-corrected chi connectivity index (χ0v) is 20.3. The number of rotatable bonds is 8. The number of allylic oxidation sites excluding steroid dienone is 2. The van der Waals surface area contributed by atoms with Crippen molar-refractivity contribution < 1.29 is 4.39 Å². The topological polar surface area (TPSA) is 71.8 Å². The van der Waals surface area contributed by atoms with Crippen molar-refractivity contribution in [2.75, 3.05) is 18.4 Å². The van der Waals surface area contributed by atoms with Crippen LogP contribution >= 0.6 is 0 Å². The predicted molar refractivity (Wildman–Crippen MR) is 134 cm³/mol. The fourth-order valence-electron chi connectivity index (χ4n) is 4.46. The summed E-state index contributed by atoms with van der Waals surface area (Å²) >= 11 is 0. The molecule has 1 saturated heterocycles. The van der Waals surface area contributed by atoms with Gasteiger partial charge < -0.3 is 9.88 Å².